The minimum absolute atomic E-state index is 0. The van der Waals surface area contributed by atoms with Gasteiger partial charge in [-0.2, -0.15) is 11.8 Å². The molecule has 0 saturated heterocycles. The van der Waals surface area contributed by atoms with Crippen molar-refractivity contribution in [3.8, 4) is 16.9 Å². The Hall–Kier alpha value is -2.73. The van der Waals surface area contributed by atoms with Crippen molar-refractivity contribution in [1.29, 1.82) is 0 Å². The average molecular weight is 642 g/mol. The Kier molecular flexibility index (Phi) is 16.3. The third-order valence-electron chi connectivity index (χ3n) is 8.52. The molecule has 3 aromatic carbocycles. The number of hydrogen-bond donors (Lipinski definition) is 2. The number of thioether (sulfide) groups is 1. The molecule has 0 aromatic heterocycles. The molecule has 1 amide bonds. The fourth-order valence-corrected chi connectivity index (χ4v) is 6.40. The summed E-state index contributed by atoms with van der Waals surface area (Å²) in [6, 6.07) is 20.6. The second kappa shape index (κ2) is 19.8. The van der Waals surface area contributed by atoms with Crippen LogP contribution in [0.5, 0.6) is 5.75 Å². The molecule has 7 nitrogen and oxygen atoms in total. The number of methoxy groups -OCH3 is 1. The van der Waals surface area contributed by atoms with E-state index < -0.39 is 17.9 Å². The molecule has 4 rings (SSSR count). The van der Waals surface area contributed by atoms with E-state index in [2.05, 4.69) is 5.32 Å². The Labute approximate surface area is 290 Å². The Balaban J connectivity index is 0.00000576. The summed E-state index contributed by atoms with van der Waals surface area (Å²) in [4.78, 5) is 25.3. The molecular formula is C37H48LiNO6S. The van der Waals surface area contributed by atoms with Gasteiger partial charge in [0.05, 0.1) is 33.0 Å². The van der Waals surface area contributed by atoms with Gasteiger partial charge in [-0.15, -0.1) is 0 Å². The molecule has 2 atom stereocenters. The van der Waals surface area contributed by atoms with E-state index in [0.29, 0.717) is 43.5 Å². The second-order valence-electron chi connectivity index (χ2n) is 11.9. The number of ether oxygens (including phenoxy) is 3. The van der Waals surface area contributed by atoms with E-state index in [1.807, 2.05) is 73.8 Å². The van der Waals surface area contributed by atoms with Crippen molar-refractivity contribution in [3.05, 3.63) is 89.0 Å². The van der Waals surface area contributed by atoms with Crippen LogP contribution in [0.1, 0.15) is 72.0 Å². The summed E-state index contributed by atoms with van der Waals surface area (Å²) in [6.07, 6.45) is 9.59. The van der Waals surface area contributed by atoms with E-state index in [9.17, 15) is 14.7 Å². The van der Waals surface area contributed by atoms with Gasteiger partial charge in [-0.25, -0.2) is 4.79 Å². The molecule has 2 N–H and O–H groups in total. The van der Waals surface area contributed by atoms with Crippen LogP contribution in [0, 0.1) is 12.8 Å². The van der Waals surface area contributed by atoms with Gasteiger partial charge >= 0.3 is 24.8 Å². The van der Waals surface area contributed by atoms with Crippen LogP contribution in [0.2, 0.25) is 0 Å². The minimum atomic E-state index is -1.03. The number of aryl methyl sites for hydroxylation is 1. The molecule has 244 valence electrons. The first-order chi connectivity index (χ1) is 21.9. The number of benzene rings is 3. The molecule has 46 heavy (non-hydrogen) atoms. The van der Waals surface area contributed by atoms with Gasteiger partial charge < -0.3 is 24.6 Å². The Morgan fingerprint density at radius 2 is 1.67 bits per heavy atom. The zero-order valence-corrected chi connectivity index (χ0v) is 27.6. The summed E-state index contributed by atoms with van der Waals surface area (Å²) in [5.41, 5.74) is 5.20. The van der Waals surface area contributed by atoms with Gasteiger partial charge in [-0.3, -0.25) is 4.79 Å². The number of carbonyl (C=O) groups is 2. The van der Waals surface area contributed by atoms with E-state index >= 15 is 0 Å². The summed E-state index contributed by atoms with van der Waals surface area (Å²) in [7, 11) is 1.66. The van der Waals surface area contributed by atoms with Crippen molar-refractivity contribution in [2.24, 2.45) is 5.92 Å². The molecule has 2 unspecified atom stereocenters. The van der Waals surface area contributed by atoms with Crippen LogP contribution in [0.4, 0.5) is 0 Å². The van der Waals surface area contributed by atoms with E-state index in [1.54, 1.807) is 24.9 Å². The summed E-state index contributed by atoms with van der Waals surface area (Å²) in [5, 5.41) is 12.4. The molecule has 9 heteroatoms. The van der Waals surface area contributed by atoms with Crippen LogP contribution in [-0.2, 0) is 27.5 Å². The Bertz CT molecular complexity index is 1380. The SMILES string of the molecule is COc1ccc(COC(COCc2ccc(C(=O)NC(CCSC)C(=O)O)c(-c3ccccc3C)c2)CC2CCCCC2)cc1.[LiH]. The molecule has 1 fully saturated rings. The zero-order valence-electron chi connectivity index (χ0n) is 26.8. The molecule has 1 aliphatic rings. The molecule has 1 saturated carbocycles. The average Bonchev–Trinajstić information content (AvgIpc) is 3.06. The van der Waals surface area contributed by atoms with Crippen LogP contribution < -0.4 is 10.1 Å². The van der Waals surface area contributed by atoms with Crippen molar-refractivity contribution in [2.75, 3.05) is 25.7 Å². The predicted octanol–water partition coefficient (Wildman–Crippen LogP) is 7.03. The van der Waals surface area contributed by atoms with E-state index in [0.717, 1.165) is 40.0 Å². The van der Waals surface area contributed by atoms with E-state index in [-0.39, 0.29) is 25.0 Å². The first-order valence-electron chi connectivity index (χ1n) is 15.9. The number of carboxylic acid groups (broad SMARTS) is 1. The number of rotatable bonds is 17. The van der Waals surface area contributed by atoms with Gasteiger partial charge in [0.2, 0.25) is 0 Å². The number of nitrogens with one attached hydrogen (secondary N) is 1. The topological polar surface area (TPSA) is 94.1 Å². The van der Waals surface area contributed by atoms with Gasteiger partial charge in [0.1, 0.15) is 11.8 Å². The maximum atomic E-state index is 13.4. The van der Waals surface area contributed by atoms with Crippen LogP contribution in [0.3, 0.4) is 0 Å². The molecular weight excluding hydrogens is 593 g/mol. The number of carbonyl (C=O) groups excluding carboxylic acids is 1. The Morgan fingerprint density at radius 3 is 2.35 bits per heavy atom. The second-order valence-corrected chi connectivity index (χ2v) is 12.9. The fourth-order valence-electron chi connectivity index (χ4n) is 5.93. The summed E-state index contributed by atoms with van der Waals surface area (Å²) in [6.45, 7) is 3.37. The molecule has 0 bridgehead atoms. The molecule has 0 radical (unpaired) electrons. The van der Waals surface area contributed by atoms with E-state index in [4.69, 9.17) is 14.2 Å². The van der Waals surface area contributed by atoms with Crippen molar-refractivity contribution < 1.29 is 28.9 Å². The number of hydrogen-bond acceptors (Lipinski definition) is 6. The first kappa shape index (κ1) is 37.7. The Morgan fingerprint density at radius 1 is 0.957 bits per heavy atom. The standard InChI is InChI=1S/C37H47NO6S.Li.H/c1-26-9-7-8-12-32(26)34-22-29(15-18-33(34)36(39)38-35(37(40)41)19-20-45-3)23-43-25-31(21-27-10-5-4-6-11-27)44-24-28-13-16-30(42-2)17-14-28;;/h7-9,12-18,22,27,31,35H,4-6,10-11,19-21,23-25H2,1-3H3,(H,38,39)(H,40,41);;. The number of carboxylic acids is 1. The van der Waals surface area contributed by atoms with Crippen LogP contribution in [0.25, 0.3) is 11.1 Å². The molecule has 0 aliphatic heterocycles. The quantitative estimate of drug-likeness (QED) is 0.153. The fraction of sp³-hybridized carbons (Fsp3) is 0.459. The third kappa shape index (κ3) is 11.5. The van der Waals surface area contributed by atoms with Gasteiger partial charge in [-0.1, -0.05) is 74.6 Å². The molecule has 0 heterocycles. The van der Waals surface area contributed by atoms with Crippen molar-refractivity contribution in [3.63, 3.8) is 0 Å². The van der Waals surface area contributed by atoms with E-state index in [1.165, 1.54) is 32.1 Å². The molecule has 0 spiro atoms. The maximum absolute atomic E-state index is 13.4. The van der Waals surface area contributed by atoms with Crippen molar-refractivity contribution >= 4 is 42.5 Å². The first-order valence-corrected chi connectivity index (χ1v) is 17.3. The number of aliphatic carboxylic acids is 1. The van der Waals surface area contributed by atoms with Crippen LogP contribution in [-0.4, -0.2) is 73.7 Å². The van der Waals surface area contributed by atoms with Gasteiger partial charge in [0, 0.05) is 5.56 Å². The normalized spacial score (nSPS) is 14.6. The van der Waals surface area contributed by atoms with Crippen LogP contribution in [0.15, 0.2) is 66.7 Å². The van der Waals surface area contributed by atoms with Crippen molar-refractivity contribution in [2.45, 2.75) is 77.2 Å². The molecule has 3 aromatic rings. The van der Waals surface area contributed by atoms with Crippen molar-refractivity contribution in [1.82, 2.24) is 5.32 Å². The number of amides is 1. The van der Waals surface area contributed by atoms with Gasteiger partial charge in [0.15, 0.2) is 0 Å². The summed E-state index contributed by atoms with van der Waals surface area (Å²) < 4.78 is 18.0. The summed E-state index contributed by atoms with van der Waals surface area (Å²) in [5.74, 6) is 0.695. The third-order valence-corrected chi connectivity index (χ3v) is 9.16. The van der Waals surface area contributed by atoms with Crippen LogP contribution >= 0.6 is 11.8 Å². The zero-order chi connectivity index (χ0) is 32.0. The summed E-state index contributed by atoms with van der Waals surface area (Å²) >= 11 is 1.55. The van der Waals surface area contributed by atoms with Gasteiger partial charge in [-0.05, 0) is 89.8 Å². The monoisotopic (exact) mass is 641 g/mol. The van der Waals surface area contributed by atoms with Gasteiger partial charge in [0.25, 0.3) is 5.91 Å². The molecule has 1 aliphatic carbocycles. The predicted molar refractivity (Wildman–Crippen MR) is 188 cm³/mol.